The molecule has 7 heteroatoms. The maximum Gasteiger partial charge on any atom is 0.273 e. The highest BCUT2D eigenvalue weighted by Crippen LogP contribution is 2.42. The van der Waals surface area contributed by atoms with E-state index in [1.165, 1.54) is 5.56 Å². The molecule has 0 amide bonds. The highest BCUT2D eigenvalue weighted by atomic mass is 16.5. The molecule has 0 unspecified atom stereocenters. The second-order valence-electron chi connectivity index (χ2n) is 10.4. The van der Waals surface area contributed by atoms with Gasteiger partial charge in [-0.1, -0.05) is 26.8 Å². The Morgan fingerprint density at radius 3 is 2.40 bits per heavy atom. The van der Waals surface area contributed by atoms with Gasteiger partial charge >= 0.3 is 0 Å². The summed E-state index contributed by atoms with van der Waals surface area (Å²) in [6, 6.07) is 8.49. The third-order valence-electron chi connectivity index (χ3n) is 7.22. The van der Waals surface area contributed by atoms with Gasteiger partial charge < -0.3 is 19.4 Å². The number of anilines is 1. The number of hydrogen-bond donors (Lipinski definition) is 1. The van der Waals surface area contributed by atoms with Gasteiger partial charge in [0.15, 0.2) is 11.5 Å². The lowest BCUT2D eigenvalue weighted by atomic mass is 9.69. The van der Waals surface area contributed by atoms with E-state index in [1.54, 1.807) is 18.9 Å². The number of nitrogens with zero attached hydrogens (tertiary/aromatic N) is 3. The lowest BCUT2D eigenvalue weighted by molar-refractivity contribution is 0.299. The van der Waals surface area contributed by atoms with Crippen LogP contribution in [0, 0.1) is 5.92 Å². The number of aromatic nitrogens is 3. The van der Waals surface area contributed by atoms with Crippen LogP contribution in [0.1, 0.15) is 52.0 Å². The quantitative estimate of drug-likeness (QED) is 0.480. The topological polar surface area (TPSA) is 70.3 Å². The molecule has 3 aromatic rings. The molecular formula is C28H38N4O3. The minimum absolute atomic E-state index is 0.0413. The molecule has 0 bridgehead atoms. The summed E-state index contributed by atoms with van der Waals surface area (Å²) in [7, 11) is 5.25. The first-order valence-corrected chi connectivity index (χ1v) is 12.4. The van der Waals surface area contributed by atoms with E-state index in [0.717, 1.165) is 48.3 Å². The van der Waals surface area contributed by atoms with E-state index in [2.05, 4.69) is 43.3 Å². The van der Waals surface area contributed by atoms with Crippen LogP contribution in [0.4, 0.5) is 5.69 Å². The Bertz CT molecular complexity index is 1220. The number of nitrogens with one attached hydrogen (secondary N) is 1. The third-order valence-corrected chi connectivity index (χ3v) is 7.22. The van der Waals surface area contributed by atoms with Gasteiger partial charge in [0.2, 0.25) is 0 Å². The van der Waals surface area contributed by atoms with Crippen molar-refractivity contribution in [1.29, 1.82) is 0 Å². The van der Waals surface area contributed by atoms with E-state index in [-0.39, 0.29) is 17.0 Å². The summed E-state index contributed by atoms with van der Waals surface area (Å²) in [5.74, 6) is 1.90. The van der Waals surface area contributed by atoms with Gasteiger partial charge in [-0.05, 0) is 60.8 Å². The summed E-state index contributed by atoms with van der Waals surface area (Å²) in [6.45, 7) is 7.27. The number of hydrogen-bond acceptors (Lipinski definition) is 5. The molecule has 188 valence electrons. The highest BCUT2D eigenvalue weighted by molar-refractivity contribution is 5.65. The van der Waals surface area contributed by atoms with E-state index < -0.39 is 0 Å². The lowest BCUT2D eigenvalue weighted by Gasteiger charge is -2.38. The molecule has 4 rings (SSSR count). The van der Waals surface area contributed by atoms with Gasteiger partial charge in [0, 0.05) is 43.2 Å². The van der Waals surface area contributed by atoms with Crippen molar-refractivity contribution in [2.75, 3.05) is 19.5 Å². The summed E-state index contributed by atoms with van der Waals surface area (Å²) < 4.78 is 14.6. The zero-order valence-electron chi connectivity index (χ0n) is 21.8. The molecular weight excluding hydrogens is 440 g/mol. The molecule has 1 saturated carbocycles. The van der Waals surface area contributed by atoms with E-state index in [9.17, 15) is 4.79 Å². The fraction of sp³-hybridized carbons (Fsp3) is 0.500. The smallest absolute Gasteiger partial charge is 0.273 e. The Morgan fingerprint density at radius 1 is 1.09 bits per heavy atom. The van der Waals surface area contributed by atoms with Crippen LogP contribution in [0.25, 0.3) is 11.1 Å². The number of aryl methyl sites for hydroxylation is 1. The molecule has 7 nitrogen and oxygen atoms in total. The molecule has 2 heterocycles. The number of pyridine rings is 1. The summed E-state index contributed by atoms with van der Waals surface area (Å²) in [5, 5.41) is 7.92. The molecule has 0 saturated heterocycles. The van der Waals surface area contributed by atoms with Crippen molar-refractivity contribution in [3.63, 3.8) is 0 Å². The first-order valence-electron chi connectivity index (χ1n) is 12.4. The van der Waals surface area contributed by atoms with Crippen LogP contribution in [0.5, 0.6) is 11.5 Å². The van der Waals surface area contributed by atoms with Gasteiger partial charge in [0.25, 0.3) is 5.56 Å². The van der Waals surface area contributed by atoms with Gasteiger partial charge in [-0.25, -0.2) is 0 Å². The van der Waals surface area contributed by atoms with Crippen molar-refractivity contribution in [2.24, 2.45) is 13.0 Å². The van der Waals surface area contributed by atoms with Crippen molar-refractivity contribution in [3.05, 3.63) is 58.8 Å². The molecule has 0 aliphatic heterocycles. The molecule has 1 aliphatic carbocycles. The van der Waals surface area contributed by atoms with Crippen molar-refractivity contribution >= 4 is 5.69 Å². The minimum atomic E-state index is 0.0413. The maximum atomic E-state index is 13.3. The van der Waals surface area contributed by atoms with Gasteiger partial charge in [-0.2, -0.15) is 5.10 Å². The van der Waals surface area contributed by atoms with E-state index in [4.69, 9.17) is 9.47 Å². The average molecular weight is 479 g/mol. The van der Waals surface area contributed by atoms with Crippen molar-refractivity contribution < 1.29 is 9.47 Å². The van der Waals surface area contributed by atoms with E-state index >= 15 is 0 Å². The molecule has 35 heavy (non-hydrogen) atoms. The Hall–Kier alpha value is -3.22. The SMILES string of the molecule is COc1ccc([C@]2(C)CC[C@H](Nc3cc(-c4cnn(C)c4)cn(CC(C)C)c3=O)CC2)cc1OC. The predicted octanol–water partition coefficient (Wildman–Crippen LogP) is 5.23. The molecule has 1 aliphatic rings. The van der Waals surface area contributed by atoms with Crippen molar-refractivity contribution in [2.45, 2.75) is 64.5 Å². The Kier molecular flexibility index (Phi) is 7.24. The predicted molar refractivity (Wildman–Crippen MR) is 141 cm³/mol. The van der Waals surface area contributed by atoms with Crippen LogP contribution in [-0.4, -0.2) is 34.6 Å². The third kappa shape index (κ3) is 5.39. The van der Waals surface area contributed by atoms with Gasteiger partial charge in [0.05, 0.1) is 20.4 Å². The van der Waals surface area contributed by atoms with Crippen LogP contribution in [0.15, 0.2) is 47.7 Å². The van der Waals surface area contributed by atoms with Crippen molar-refractivity contribution in [3.8, 4) is 22.6 Å². The fourth-order valence-electron chi connectivity index (χ4n) is 5.12. The monoisotopic (exact) mass is 478 g/mol. The standard InChI is InChI=1S/C28H38N4O3/c1-19(2)16-32-18-20(21-15-29-31(4)17-21)13-24(27(32)33)30-23-9-11-28(3,12-10-23)22-7-8-25(34-5)26(14-22)35-6/h7-8,13-15,17-19,23,30H,9-12,16H2,1-6H3/t23-,28+. The zero-order valence-corrected chi connectivity index (χ0v) is 21.8. The van der Waals surface area contributed by atoms with Crippen LogP contribution in [-0.2, 0) is 19.0 Å². The number of benzene rings is 1. The second-order valence-corrected chi connectivity index (χ2v) is 10.4. The average Bonchev–Trinajstić information content (AvgIpc) is 3.28. The van der Waals surface area contributed by atoms with E-state index in [0.29, 0.717) is 18.2 Å². The summed E-state index contributed by atoms with van der Waals surface area (Å²) in [4.78, 5) is 13.3. The summed E-state index contributed by atoms with van der Waals surface area (Å²) in [5.41, 5.74) is 4.06. The lowest BCUT2D eigenvalue weighted by Crippen LogP contribution is -2.36. The van der Waals surface area contributed by atoms with Crippen molar-refractivity contribution in [1.82, 2.24) is 14.3 Å². The second kappa shape index (κ2) is 10.2. The van der Waals surface area contributed by atoms with E-state index in [1.807, 2.05) is 42.3 Å². The van der Waals surface area contributed by atoms with Gasteiger partial charge in [-0.3, -0.25) is 9.48 Å². The van der Waals surface area contributed by atoms with Crippen LogP contribution in [0.2, 0.25) is 0 Å². The molecule has 0 atom stereocenters. The van der Waals surface area contributed by atoms with Crippen LogP contribution >= 0.6 is 0 Å². The molecule has 1 N–H and O–H groups in total. The molecule has 2 aromatic heterocycles. The molecule has 1 fully saturated rings. The number of methoxy groups -OCH3 is 2. The zero-order chi connectivity index (χ0) is 25.2. The maximum absolute atomic E-state index is 13.3. The fourth-order valence-corrected chi connectivity index (χ4v) is 5.12. The minimum Gasteiger partial charge on any atom is -0.493 e. The summed E-state index contributed by atoms with van der Waals surface area (Å²) >= 11 is 0. The van der Waals surface area contributed by atoms with Crippen LogP contribution in [0.3, 0.4) is 0 Å². The van der Waals surface area contributed by atoms with Crippen LogP contribution < -0.4 is 20.3 Å². The molecule has 1 aromatic carbocycles. The Balaban J connectivity index is 1.54. The largest absolute Gasteiger partial charge is 0.493 e. The first kappa shape index (κ1) is 24.9. The van der Waals surface area contributed by atoms with Gasteiger partial charge in [0.1, 0.15) is 5.69 Å². The normalized spacial score (nSPS) is 20.1. The Morgan fingerprint density at radius 2 is 1.80 bits per heavy atom. The Labute approximate surface area is 208 Å². The number of rotatable bonds is 8. The van der Waals surface area contributed by atoms with Gasteiger partial charge in [-0.15, -0.1) is 0 Å². The highest BCUT2D eigenvalue weighted by Gasteiger charge is 2.33. The number of ether oxygens (including phenoxy) is 2. The molecule has 0 radical (unpaired) electrons. The first-order chi connectivity index (χ1) is 16.7. The summed E-state index contributed by atoms with van der Waals surface area (Å²) in [6.07, 6.45) is 9.83. The molecule has 0 spiro atoms.